The molecule has 0 unspecified atom stereocenters. The highest BCUT2D eigenvalue weighted by Crippen LogP contribution is 2.17. The molecule has 0 aromatic heterocycles. The smallest absolute Gasteiger partial charge is 0.336 e. The van der Waals surface area contributed by atoms with E-state index >= 15 is 0 Å². The second kappa shape index (κ2) is 32.3. The van der Waals surface area contributed by atoms with E-state index in [1.165, 1.54) is 0 Å². The molecule has 63 heavy (non-hydrogen) atoms. The summed E-state index contributed by atoms with van der Waals surface area (Å²) in [5.74, 6) is -15.1. The summed E-state index contributed by atoms with van der Waals surface area (Å²) < 4.78 is 0. The minimum absolute atomic E-state index is 0.726. The zero-order chi connectivity index (χ0) is 51.4. The maximum atomic E-state index is 10.3. The van der Waals surface area contributed by atoms with Gasteiger partial charge >= 0.3 is 53.7 Å². The summed E-state index contributed by atoms with van der Waals surface area (Å²) in [4.78, 5) is 91.5. The molecule has 370 valence electrons. The number of aliphatic hydroxyl groups excluding tert-OH is 12. The number of rotatable bonds is 25. The summed E-state index contributed by atoms with van der Waals surface area (Å²) in [5, 5.41) is 206. The summed E-state index contributed by atoms with van der Waals surface area (Å²) in [6, 6.07) is 0. The molecule has 33 heteroatoms. The lowest BCUT2D eigenvalue weighted by Gasteiger charge is -2.24. The highest BCUT2D eigenvalue weighted by Gasteiger charge is 2.42. The minimum atomic E-state index is -2.74. The Morgan fingerprint density at radius 3 is 0.460 bits per heavy atom. The van der Waals surface area contributed by atoms with E-state index in [2.05, 4.69) is 0 Å². The first-order valence-electron chi connectivity index (χ1n) is 16.5. The maximum absolute atomic E-state index is 10.3. The zero-order valence-corrected chi connectivity index (χ0v) is 32.1. The van der Waals surface area contributed by atoms with Crippen LogP contribution in [-0.2, 0) is 43.2 Å². The lowest BCUT2D eigenvalue weighted by atomic mass is 9.96. The third kappa shape index (κ3) is 30.3. The van der Waals surface area contributed by atoms with E-state index in [0.717, 1.165) is 0 Å². The molecule has 0 aliphatic carbocycles. The highest BCUT2D eigenvalue weighted by molar-refractivity contribution is 5.89. The van der Waals surface area contributed by atoms with Gasteiger partial charge in [0.1, 0.15) is 48.8 Å². The first kappa shape index (κ1) is 66.7. The van der Waals surface area contributed by atoms with Gasteiger partial charge in [-0.2, -0.15) is 0 Å². The van der Waals surface area contributed by atoms with Gasteiger partial charge in [0.05, 0.1) is 65.0 Å². The van der Waals surface area contributed by atoms with E-state index in [-0.39, 0.29) is 0 Å². The van der Waals surface area contributed by atoms with E-state index in [0.29, 0.717) is 0 Å². The van der Waals surface area contributed by atoms with Gasteiger partial charge in [0.2, 0.25) is 0 Å². The number of aliphatic carboxylic acids is 9. The third-order valence-corrected chi connectivity index (χ3v) is 6.88. The Labute approximate surface area is 350 Å². The predicted octanol–water partition coefficient (Wildman–Crippen LogP) is -10.9. The fourth-order valence-corrected chi connectivity index (χ4v) is 3.48. The van der Waals surface area contributed by atoms with E-state index in [1.54, 1.807) is 0 Å². The predicted molar refractivity (Wildman–Crippen MR) is 188 cm³/mol. The van der Waals surface area contributed by atoms with Crippen molar-refractivity contribution >= 4 is 53.7 Å². The Morgan fingerprint density at radius 1 is 0.286 bits per heavy atom. The molecule has 0 aliphatic rings. The lowest BCUT2D eigenvalue weighted by molar-refractivity contribution is -0.170. The van der Waals surface area contributed by atoms with Gasteiger partial charge in [0.25, 0.3) is 0 Å². The van der Waals surface area contributed by atoms with Gasteiger partial charge in [-0.15, -0.1) is 0 Å². The largest absolute Gasteiger partial charge is 0.481 e. The fraction of sp³-hybridized carbons (Fsp3) is 0.700. The average Bonchev–Trinajstić information content (AvgIpc) is 3.14. The maximum Gasteiger partial charge on any atom is 0.336 e. The monoisotopic (exact) mass is 940 g/mol. The zero-order valence-electron chi connectivity index (χ0n) is 32.1. The molecular formula is C30H52O33. The molecule has 33 nitrogen and oxygen atoms in total. The number of aliphatic hydroxyl groups is 15. The molecule has 0 heterocycles. The quantitative estimate of drug-likeness (QED) is 0.0404. The van der Waals surface area contributed by atoms with E-state index in [4.69, 9.17) is 123 Å². The van der Waals surface area contributed by atoms with E-state index < -0.39 is 184 Å². The Bertz CT molecular complexity index is 1220. The molecule has 0 fully saturated rings. The van der Waals surface area contributed by atoms with Crippen molar-refractivity contribution in [2.75, 3.05) is 26.4 Å². The van der Waals surface area contributed by atoms with Crippen molar-refractivity contribution in [2.24, 2.45) is 0 Å². The standard InChI is InChI=1S/3C6H8O7.2C6H14O6/c3*7-3(8)1-6(13,5(11)12)2-4(9)10;2*7-1-3(9)5(11)6(12)4(10)2-8/h3*13H,1-2H2,(H,7,8)(H,9,10)(H,11,12);2*3-12H,1-2H2/t;;;2*3-,4+,5-,6-/m...11/s1. The average molecular weight is 941 g/mol. The van der Waals surface area contributed by atoms with Crippen molar-refractivity contribution in [1.29, 1.82) is 0 Å². The summed E-state index contributed by atoms with van der Waals surface area (Å²) in [5.41, 5.74) is -8.22. The number of hydrogen-bond acceptors (Lipinski definition) is 24. The van der Waals surface area contributed by atoms with Gasteiger partial charge in [0.15, 0.2) is 16.8 Å². The molecule has 0 radical (unpaired) electrons. The molecule has 0 aromatic rings. The molecule has 0 aromatic carbocycles. The normalized spacial score (nSPS) is 14.9. The van der Waals surface area contributed by atoms with Gasteiger partial charge in [-0.3, -0.25) is 28.8 Å². The van der Waals surface area contributed by atoms with Crippen molar-refractivity contribution in [3.63, 3.8) is 0 Å². The van der Waals surface area contributed by atoms with Gasteiger partial charge in [-0.1, -0.05) is 0 Å². The fourth-order valence-electron chi connectivity index (χ4n) is 3.48. The van der Waals surface area contributed by atoms with Gasteiger partial charge in [0, 0.05) is 0 Å². The van der Waals surface area contributed by atoms with Crippen LogP contribution in [0.2, 0.25) is 0 Å². The van der Waals surface area contributed by atoms with Crippen LogP contribution in [0.1, 0.15) is 38.5 Å². The second-order valence-corrected chi connectivity index (χ2v) is 12.4. The van der Waals surface area contributed by atoms with E-state index in [9.17, 15) is 43.2 Å². The summed E-state index contributed by atoms with van der Waals surface area (Å²) in [6.07, 6.45) is -19.6. The summed E-state index contributed by atoms with van der Waals surface area (Å²) >= 11 is 0. The number of carbonyl (C=O) groups is 9. The van der Waals surface area contributed by atoms with Crippen molar-refractivity contribution in [2.45, 2.75) is 104 Å². The molecule has 0 amide bonds. The molecule has 0 spiro atoms. The Hall–Kier alpha value is -5.37. The third-order valence-electron chi connectivity index (χ3n) is 6.88. The Kier molecular flexibility index (Phi) is 34.2. The van der Waals surface area contributed by atoms with Crippen LogP contribution in [0, 0.1) is 0 Å². The van der Waals surface area contributed by atoms with Gasteiger partial charge in [-0.25, -0.2) is 14.4 Å². The molecule has 0 bridgehead atoms. The van der Waals surface area contributed by atoms with Gasteiger partial charge < -0.3 is 123 Å². The SMILES string of the molecule is O=C(O)CC(O)(CC(=O)O)C(=O)O.O=C(O)CC(O)(CC(=O)O)C(=O)O.O=C(O)CC(O)(CC(=O)O)C(=O)O.OC[C@@H](O)[C@@H](O)[C@H](O)[C@@H](O)CO.OC[C@@H](O)[C@@H](O)[C@H](O)[C@@H](O)CO. The molecule has 0 rings (SSSR count). The lowest BCUT2D eigenvalue weighted by Crippen LogP contribution is -2.46. The highest BCUT2D eigenvalue weighted by atomic mass is 16.4. The number of carboxylic acid groups (broad SMARTS) is 9. The number of hydrogen-bond donors (Lipinski definition) is 24. The van der Waals surface area contributed by atoms with Crippen LogP contribution in [0.4, 0.5) is 0 Å². The van der Waals surface area contributed by atoms with Crippen LogP contribution in [0.15, 0.2) is 0 Å². The summed E-state index contributed by atoms with van der Waals surface area (Å²) in [6.45, 7) is -2.90. The molecule has 0 saturated heterocycles. The van der Waals surface area contributed by atoms with Crippen LogP contribution in [-0.4, -0.2) is 268 Å². The van der Waals surface area contributed by atoms with Crippen molar-refractivity contribution < 1.29 is 166 Å². The van der Waals surface area contributed by atoms with Crippen LogP contribution in [0.25, 0.3) is 0 Å². The minimum Gasteiger partial charge on any atom is -0.481 e. The first-order chi connectivity index (χ1) is 28.4. The van der Waals surface area contributed by atoms with Crippen LogP contribution < -0.4 is 0 Å². The molecule has 0 saturated carbocycles. The summed E-state index contributed by atoms with van der Waals surface area (Å²) in [7, 11) is 0. The topological polar surface area (TPSA) is 639 Å². The molecule has 8 atom stereocenters. The van der Waals surface area contributed by atoms with Crippen molar-refractivity contribution in [3.8, 4) is 0 Å². The van der Waals surface area contributed by atoms with Crippen molar-refractivity contribution in [1.82, 2.24) is 0 Å². The van der Waals surface area contributed by atoms with Crippen LogP contribution in [0.5, 0.6) is 0 Å². The second-order valence-electron chi connectivity index (χ2n) is 12.4. The van der Waals surface area contributed by atoms with Gasteiger partial charge in [-0.05, 0) is 0 Å². The molecular weight excluding hydrogens is 888 g/mol. The molecule has 24 N–H and O–H groups in total. The van der Waals surface area contributed by atoms with E-state index in [1.807, 2.05) is 0 Å². The van der Waals surface area contributed by atoms with Crippen LogP contribution in [0.3, 0.4) is 0 Å². The van der Waals surface area contributed by atoms with Crippen LogP contribution >= 0.6 is 0 Å². The van der Waals surface area contributed by atoms with Crippen molar-refractivity contribution in [3.05, 3.63) is 0 Å². The number of carboxylic acids is 9. The molecule has 0 aliphatic heterocycles. The first-order valence-corrected chi connectivity index (χ1v) is 16.5. The Morgan fingerprint density at radius 2 is 0.397 bits per heavy atom. The Balaban J connectivity index is -0.000000223.